The Morgan fingerprint density at radius 1 is 1.25 bits per heavy atom. The molecule has 0 saturated carbocycles. The van der Waals surface area contributed by atoms with Gasteiger partial charge in [-0.3, -0.25) is 4.90 Å². The van der Waals surface area contributed by atoms with Crippen LogP contribution in [0.2, 0.25) is 0 Å². The minimum Gasteiger partial charge on any atom is -0.492 e. The highest BCUT2D eigenvalue weighted by Crippen LogP contribution is 2.15. The molecule has 0 radical (unpaired) electrons. The van der Waals surface area contributed by atoms with Crippen molar-refractivity contribution in [3.05, 3.63) is 30.3 Å². The molecule has 0 aliphatic carbocycles. The largest absolute Gasteiger partial charge is 0.492 e. The fourth-order valence-electron chi connectivity index (χ4n) is 1.22. The zero-order valence-corrected chi connectivity index (χ0v) is 11.8. The van der Waals surface area contributed by atoms with Crippen LogP contribution in [0.1, 0.15) is 13.8 Å². The van der Waals surface area contributed by atoms with Gasteiger partial charge in [0.25, 0.3) is 0 Å². The van der Waals surface area contributed by atoms with Gasteiger partial charge < -0.3 is 4.74 Å². The van der Waals surface area contributed by atoms with E-state index in [1.165, 1.54) is 0 Å². The second-order valence-electron chi connectivity index (χ2n) is 4.53. The van der Waals surface area contributed by atoms with Crippen LogP contribution in [0.3, 0.4) is 0 Å². The molecule has 3 heteroatoms. The Kier molecular flexibility index (Phi) is 5.29. The SMILES string of the molecule is CN(CCOc1ccccc1)C(C)(C)CBr. The van der Waals surface area contributed by atoms with Gasteiger partial charge in [0, 0.05) is 17.4 Å². The smallest absolute Gasteiger partial charge is 0.119 e. The van der Waals surface area contributed by atoms with Crippen molar-refractivity contribution in [2.24, 2.45) is 0 Å². The van der Waals surface area contributed by atoms with Crippen LogP contribution in [-0.2, 0) is 0 Å². The van der Waals surface area contributed by atoms with Crippen molar-refractivity contribution in [2.75, 3.05) is 25.5 Å². The Morgan fingerprint density at radius 3 is 2.44 bits per heavy atom. The third kappa shape index (κ3) is 4.14. The molecular formula is C13H20BrNO. The van der Waals surface area contributed by atoms with E-state index in [0.29, 0.717) is 0 Å². The van der Waals surface area contributed by atoms with Gasteiger partial charge in [0.1, 0.15) is 12.4 Å². The van der Waals surface area contributed by atoms with E-state index < -0.39 is 0 Å². The predicted molar refractivity (Wildman–Crippen MR) is 72.4 cm³/mol. The number of ether oxygens (including phenoxy) is 1. The number of hydrogen-bond donors (Lipinski definition) is 0. The predicted octanol–water partition coefficient (Wildman–Crippen LogP) is 3.17. The van der Waals surface area contributed by atoms with Gasteiger partial charge in [-0.1, -0.05) is 34.1 Å². The molecule has 0 amide bonds. The van der Waals surface area contributed by atoms with Crippen molar-refractivity contribution in [2.45, 2.75) is 19.4 Å². The van der Waals surface area contributed by atoms with Crippen molar-refractivity contribution in [3.8, 4) is 5.75 Å². The van der Waals surface area contributed by atoms with Crippen LogP contribution in [0.4, 0.5) is 0 Å². The first-order valence-corrected chi connectivity index (χ1v) is 6.63. The molecule has 0 bridgehead atoms. The number of benzene rings is 1. The maximum atomic E-state index is 5.66. The summed E-state index contributed by atoms with van der Waals surface area (Å²) in [6.45, 7) is 6.07. The highest BCUT2D eigenvalue weighted by atomic mass is 79.9. The summed E-state index contributed by atoms with van der Waals surface area (Å²) in [6, 6.07) is 9.93. The summed E-state index contributed by atoms with van der Waals surface area (Å²) in [4.78, 5) is 2.30. The lowest BCUT2D eigenvalue weighted by atomic mass is 10.1. The normalized spacial score (nSPS) is 11.8. The van der Waals surface area contributed by atoms with E-state index >= 15 is 0 Å². The summed E-state index contributed by atoms with van der Waals surface area (Å²) in [5, 5.41) is 0.960. The molecule has 0 saturated heterocycles. The average Bonchev–Trinajstić information content (AvgIpc) is 2.30. The molecule has 0 fully saturated rings. The minimum absolute atomic E-state index is 0.167. The molecule has 0 atom stereocenters. The first kappa shape index (κ1) is 13.5. The van der Waals surface area contributed by atoms with Crippen molar-refractivity contribution in [3.63, 3.8) is 0 Å². The number of likely N-dealkylation sites (N-methyl/N-ethyl adjacent to an activating group) is 1. The van der Waals surface area contributed by atoms with Crippen molar-refractivity contribution in [1.82, 2.24) is 4.90 Å². The number of hydrogen-bond acceptors (Lipinski definition) is 2. The monoisotopic (exact) mass is 285 g/mol. The zero-order chi connectivity index (χ0) is 12.0. The molecule has 0 aliphatic heterocycles. The fourth-order valence-corrected chi connectivity index (χ4v) is 1.65. The zero-order valence-electron chi connectivity index (χ0n) is 10.2. The first-order chi connectivity index (χ1) is 7.56. The molecule has 1 rings (SSSR count). The Bertz CT molecular complexity index is 300. The topological polar surface area (TPSA) is 12.5 Å². The van der Waals surface area contributed by atoms with E-state index in [1.54, 1.807) is 0 Å². The minimum atomic E-state index is 0.167. The molecule has 1 aromatic rings. The molecule has 0 unspecified atom stereocenters. The number of nitrogens with zero attached hydrogens (tertiary/aromatic N) is 1. The van der Waals surface area contributed by atoms with E-state index in [2.05, 4.69) is 41.7 Å². The summed E-state index contributed by atoms with van der Waals surface area (Å²) >= 11 is 3.53. The van der Waals surface area contributed by atoms with Gasteiger partial charge in [0.2, 0.25) is 0 Å². The molecule has 90 valence electrons. The summed E-state index contributed by atoms with van der Waals surface area (Å²) < 4.78 is 5.66. The summed E-state index contributed by atoms with van der Waals surface area (Å²) in [5.41, 5.74) is 0.167. The van der Waals surface area contributed by atoms with Gasteiger partial charge in [-0.25, -0.2) is 0 Å². The second-order valence-corrected chi connectivity index (χ2v) is 5.09. The molecular weight excluding hydrogens is 266 g/mol. The van der Waals surface area contributed by atoms with Crippen LogP contribution in [0, 0.1) is 0 Å². The van der Waals surface area contributed by atoms with E-state index in [4.69, 9.17) is 4.74 Å². The fraction of sp³-hybridized carbons (Fsp3) is 0.538. The van der Waals surface area contributed by atoms with Gasteiger partial charge in [-0.15, -0.1) is 0 Å². The molecule has 0 aromatic heterocycles. The van der Waals surface area contributed by atoms with Crippen LogP contribution in [0.25, 0.3) is 0 Å². The number of alkyl halides is 1. The lowest BCUT2D eigenvalue weighted by molar-refractivity contribution is 0.149. The molecule has 2 nitrogen and oxygen atoms in total. The highest BCUT2D eigenvalue weighted by molar-refractivity contribution is 9.09. The Balaban J connectivity index is 2.31. The maximum absolute atomic E-state index is 5.66. The Hall–Kier alpha value is -0.540. The lowest BCUT2D eigenvalue weighted by Gasteiger charge is -2.33. The molecule has 16 heavy (non-hydrogen) atoms. The summed E-state index contributed by atoms with van der Waals surface area (Å²) in [7, 11) is 2.12. The quantitative estimate of drug-likeness (QED) is 0.745. The van der Waals surface area contributed by atoms with Crippen LogP contribution in [-0.4, -0.2) is 36.0 Å². The number of para-hydroxylation sites is 1. The molecule has 0 spiro atoms. The van der Waals surface area contributed by atoms with E-state index in [-0.39, 0.29) is 5.54 Å². The summed E-state index contributed by atoms with van der Waals surface area (Å²) in [5.74, 6) is 0.938. The van der Waals surface area contributed by atoms with E-state index in [1.807, 2.05) is 30.3 Å². The lowest BCUT2D eigenvalue weighted by Crippen LogP contribution is -2.44. The highest BCUT2D eigenvalue weighted by Gasteiger charge is 2.21. The van der Waals surface area contributed by atoms with Crippen molar-refractivity contribution in [1.29, 1.82) is 0 Å². The second kappa shape index (κ2) is 6.26. The molecule has 0 aliphatic rings. The molecule has 0 N–H and O–H groups in total. The van der Waals surface area contributed by atoms with Crippen LogP contribution in [0.15, 0.2) is 30.3 Å². The number of rotatable bonds is 6. The number of halogens is 1. The van der Waals surface area contributed by atoms with Crippen molar-refractivity contribution >= 4 is 15.9 Å². The van der Waals surface area contributed by atoms with Gasteiger partial charge in [0.05, 0.1) is 0 Å². The third-order valence-electron chi connectivity index (χ3n) is 2.80. The average molecular weight is 286 g/mol. The maximum Gasteiger partial charge on any atom is 0.119 e. The summed E-state index contributed by atoms with van der Waals surface area (Å²) in [6.07, 6.45) is 0. The van der Waals surface area contributed by atoms with Gasteiger partial charge in [-0.05, 0) is 33.0 Å². The Labute approximate surface area is 107 Å². The van der Waals surface area contributed by atoms with Crippen LogP contribution < -0.4 is 4.74 Å². The van der Waals surface area contributed by atoms with Crippen LogP contribution in [0.5, 0.6) is 5.75 Å². The van der Waals surface area contributed by atoms with E-state index in [0.717, 1.165) is 24.2 Å². The standard InChI is InChI=1S/C13H20BrNO/c1-13(2,11-14)15(3)9-10-16-12-7-5-4-6-8-12/h4-8H,9-11H2,1-3H3. The third-order valence-corrected chi connectivity index (χ3v) is 4.17. The first-order valence-electron chi connectivity index (χ1n) is 5.51. The molecule has 0 heterocycles. The van der Waals surface area contributed by atoms with Crippen LogP contribution >= 0.6 is 15.9 Å². The van der Waals surface area contributed by atoms with Gasteiger partial charge in [0.15, 0.2) is 0 Å². The van der Waals surface area contributed by atoms with Gasteiger partial charge >= 0.3 is 0 Å². The Morgan fingerprint density at radius 2 is 1.88 bits per heavy atom. The van der Waals surface area contributed by atoms with E-state index in [9.17, 15) is 0 Å². The van der Waals surface area contributed by atoms with Gasteiger partial charge in [-0.2, -0.15) is 0 Å². The molecule has 1 aromatic carbocycles. The van der Waals surface area contributed by atoms with Crippen molar-refractivity contribution < 1.29 is 4.74 Å².